The molecule has 1 aromatic heterocycles. The van der Waals surface area contributed by atoms with Crippen molar-refractivity contribution in [1.82, 2.24) is 9.88 Å². The number of anilines is 1. The van der Waals surface area contributed by atoms with Crippen LogP contribution in [0.2, 0.25) is 5.02 Å². The van der Waals surface area contributed by atoms with Crippen LogP contribution in [0.25, 0.3) is 0 Å². The van der Waals surface area contributed by atoms with Crippen LogP contribution in [-0.2, 0) is 0 Å². The van der Waals surface area contributed by atoms with Gasteiger partial charge >= 0.3 is 0 Å². The molecule has 0 saturated carbocycles. The summed E-state index contributed by atoms with van der Waals surface area (Å²) in [5.41, 5.74) is 0.213. The fourth-order valence-corrected chi connectivity index (χ4v) is 1.83. The highest BCUT2D eigenvalue weighted by molar-refractivity contribution is 6.30. The molecule has 4 heteroatoms. The predicted octanol–water partition coefficient (Wildman–Crippen LogP) is 2.73. The Hall–Kier alpha value is -0.800. The molecule has 0 unspecified atom stereocenters. The molecular formula is C12H20ClN3. The first-order valence-corrected chi connectivity index (χ1v) is 5.77. The molecule has 1 heterocycles. The van der Waals surface area contributed by atoms with Crippen molar-refractivity contribution in [2.24, 2.45) is 5.41 Å². The SMILES string of the molecule is CN(C)CC(C)(C)CNc1ccc(Cl)cn1. The van der Waals surface area contributed by atoms with E-state index in [-0.39, 0.29) is 5.41 Å². The van der Waals surface area contributed by atoms with E-state index in [9.17, 15) is 0 Å². The third-order valence-corrected chi connectivity index (χ3v) is 2.44. The van der Waals surface area contributed by atoms with Crippen LogP contribution in [0.3, 0.4) is 0 Å². The molecule has 0 aliphatic heterocycles. The van der Waals surface area contributed by atoms with Crippen molar-refractivity contribution >= 4 is 17.4 Å². The highest BCUT2D eigenvalue weighted by Gasteiger charge is 2.18. The second kappa shape index (κ2) is 5.51. The van der Waals surface area contributed by atoms with Crippen molar-refractivity contribution in [3.05, 3.63) is 23.4 Å². The van der Waals surface area contributed by atoms with Gasteiger partial charge in [-0.05, 0) is 31.6 Å². The highest BCUT2D eigenvalue weighted by atomic mass is 35.5. The maximum Gasteiger partial charge on any atom is 0.126 e. The molecule has 0 aliphatic carbocycles. The minimum absolute atomic E-state index is 0.213. The van der Waals surface area contributed by atoms with Crippen molar-refractivity contribution in [3.8, 4) is 0 Å². The Morgan fingerprint density at radius 3 is 2.56 bits per heavy atom. The van der Waals surface area contributed by atoms with Gasteiger partial charge < -0.3 is 10.2 Å². The van der Waals surface area contributed by atoms with Crippen LogP contribution in [0.1, 0.15) is 13.8 Å². The topological polar surface area (TPSA) is 28.2 Å². The Kier molecular flexibility index (Phi) is 4.56. The Balaban J connectivity index is 2.47. The molecule has 0 spiro atoms. The van der Waals surface area contributed by atoms with Gasteiger partial charge in [-0.1, -0.05) is 25.4 Å². The monoisotopic (exact) mass is 241 g/mol. The number of aromatic nitrogens is 1. The quantitative estimate of drug-likeness (QED) is 0.859. The standard InChI is InChI=1S/C12H20ClN3/c1-12(2,9-16(3)4)8-15-11-6-5-10(13)7-14-11/h5-7H,8-9H2,1-4H3,(H,14,15). The molecule has 0 atom stereocenters. The van der Waals surface area contributed by atoms with Gasteiger partial charge in [0.25, 0.3) is 0 Å². The number of nitrogens with zero attached hydrogens (tertiary/aromatic N) is 2. The summed E-state index contributed by atoms with van der Waals surface area (Å²) in [6, 6.07) is 3.74. The first-order chi connectivity index (χ1) is 7.39. The lowest BCUT2D eigenvalue weighted by atomic mass is 9.93. The van der Waals surface area contributed by atoms with Crippen LogP contribution in [0.15, 0.2) is 18.3 Å². The van der Waals surface area contributed by atoms with Crippen molar-refractivity contribution in [3.63, 3.8) is 0 Å². The number of nitrogens with one attached hydrogen (secondary N) is 1. The third-order valence-electron chi connectivity index (χ3n) is 2.22. The second-order valence-corrected chi connectivity index (χ2v) is 5.55. The van der Waals surface area contributed by atoms with E-state index in [2.05, 4.69) is 43.1 Å². The van der Waals surface area contributed by atoms with Crippen molar-refractivity contribution < 1.29 is 0 Å². The molecule has 1 N–H and O–H groups in total. The Morgan fingerprint density at radius 2 is 2.06 bits per heavy atom. The van der Waals surface area contributed by atoms with E-state index < -0.39 is 0 Å². The number of hydrogen-bond acceptors (Lipinski definition) is 3. The number of rotatable bonds is 5. The lowest BCUT2D eigenvalue weighted by Gasteiger charge is -2.28. The van der Waals surface area contributed by atoms with Crippen LogP contribution >= 0.6 is 11.6 Å². The van der Waals surface area contributed by atoms with Crippen molar-refractivity contribution in [2.45, 2.75) is 13.8 Å². The molecule has 1 aromatic rings. The lowest BCUT2D eigenvalue weighted by molar-refractivity contribution is 0.254. The Bertz CT molecular complexity index is 320. The van der Waals surface area contributed by atoms with Gasteiger partial charge in [-0.3, -0.25) is 0 Å². The Morgan fingerprint density at radius 1 is 1.38 bits per heavy atom. The average Bonchev–Trinajstić information content (AvgIpc) is 2.15. The maximum absolute atomic E-state index is 5.77. The van der Waals surface area contributed by atoms with Crippen LogP contribution < -0.4 is 5.32 Å². The van der Waals surface area contributed by atoms with Gasteiger partial charge in [-0.25, -0.2) is 4.98 Å². The third kappa shape index (κ3) is 4.81. The average molecular weight is 242 g/mol. The molecule has 0 bridgehead atoms. The number of pyridine rings is 1. The molecular weight excluding hydrogens is 222 g/mol. The second-order valence-electron chi connectivity index (χ2n) is 5.12. The molecule has 0 aliphatic rings. The van der Waals surface area contributed by atoms with Gasteiger partial charge in [0.1, 0.15) is 5.82 Å². The van der Waals surface area contributed by atoms with E-state index in [1.54, 1.807) is 6.20 Å². The summed E-state index contributed by atoms with van der Waals surface area (Å²) in [4.78, 5) is 6.40. The van der Waals surface area contributed by atoms with E-state index in [1.807, 2.05) is 12.1 Å². The minimum Gasteiger partial charge on any atom is -0.369 e. The summed E-state index contributed by atoms with van der Waals surface area (Å²) in [5.74, 6) is 0.872. The summed E-state index contributed by atoms with van der Waals surface area (Å²) in [6.07, 6.45) is 1.66. The van der Waals surface area contributed by atoms with Crippen molar-refractivity contribution in [2.75, 3.05) is 32.5 Å². The zero-order valence-corrected chi connectivity index (χ0v) is 11.2. The first-order valence-electron chi connectivity index (χ1n) is 5.39. The van der Waals surface area contributed by atoms with Gasteiger partial charge in [0.05, 0.1) is 5.02 Å². The predicted molar refractivity (Wildman–Crippen MR) is 70.1 cm³/mol. The molecule has 3 nitrogen and oxygen atoms in total. The van der Waals surface area contributed by atoms with Gasteiger partial charge in [-0.2, -0.15) is 0 Å². The van der Waals surface area contributed by atoms with Gasteiger partial charge in [0.15, 0.2) is 0 Å². The summed E-state index contributed by atoms with van der Waals surface area (Å²) in [6.45, 7) is 6.39. The molecule has 0 fully saturated rings. The normalized spacial score (nSPS) is 11.9. The van der Waals surface area contributed by atoms with E-state index >= 15 is 0 Å². The smallest absolute Gasteiger partial charge is 0.126 e. The summed E-state index contributed by atoms with van der Waals surface area (Å²) >= 11 is 5.77. The molecule has 0 aromatic carbocycles. The van der Waals surface area contributed by atoms with E-state index in [0.717, 1.165) is 18.9 Å². The number of hydrogen-bond donors (Lipinski definition) is 1. The van der Waals surface area contributed by atoms with E-state index in [1.165, 1.54) is 0 Å². The summed E-state index contributed by atoms with van der Waals surface area (Å²) in [5, 5.41) is 3.99. The largest absolute Gasteiger partial charge is 0.369 e. The molecule has 0 radical (unpaired) electrons. The molecule has 0 saturated heterocycles. The van der Waals surface area contributed by atoms with Crippen LogP contribution in [0, 0.1) is 5.41 Å². The van der Waals surface area contributed by atoms with Crippen molar-refractivity contribution in [1.29, 1.82) is 0 Å². The fraction of sp³-hybridized carbons (Fsp3) is 0.583. The summed E-state index contributed by atoms with van der Waals surface area (Å²) in [7, 11) is 4.17. The van der Waals surface area contributed by atoms with Crippen LogP contribution in [-0.4, -0.2) is 37.1 Å². The van der Waals surface area contributed by atoms with E-state index in [0.29, 0.717) is 5.02 Å². The zero-order chi connectivity index (χ0) is 12.2. The lowest BCUT2D eigenvalue weighted by Crippen LogP contribution is -2.34. The van der Waals surface area contributed by atoms with Gasteiger partial charge in [-0.15, -0.1) is 0 Å². The fourth-order valence-electron chi connectivity index (χ4n) is 1.72. The van der Waals surface area contributed by atoms with Crippen LogP contribution in [0.4, 0.5) is 5.82 Å². The maximum atomic E-state index is 5.77. The molecule has 0 amide bonds. The minimum atomic E-state index is 0.213. The zero-order valence-electron chi connectivity index (χ0n) is 10.4. The molecule has 1 rings (SSSR count). The van der Waals surface area contributed by atoms with Gasteiger partial charge in [0, 0.05) is 19.3 Å². The number of halogens is 1. The van der Waals surface area contributed by atoms with Crippen LogP contribution in [0.5, 0.6) is 0 Å². The molecule has 16 heavy (non-hydrogen) atoms. The van der Waals surface area contributed by atoms with Gasteiger partial charge in [0.2, 0.25) is 0 Å². The first kappa shape index (κ1) is 13.3. The Labute approximate surface area is 103 Å². The molecule has 90 valence electrons. The summed E-state index contributed by atoms with van der Waals surface area (Å²) < 4.78 is 0. The highest BCUT2D eigenvalue weighted by Crippen LogP contribution is 2.17. The van der Waals surface area contributed by atoms with E-state index in [4.69, 9.17) is 11.6 Å².